The smallest absolute Gasteiger partial charge is 0.223 e. The number of rotatable bonds is 4. The van der Waals surface area contributed by atoms with Gasteiger partial charge in [0, 0.05) is 25.2 Å². The normalized spacial score (nSPS) is 19.4. The van der Waals surface area contributed by atoms with Gasteiger partial charge < -0.3 is 15.4 Å². The molecule has 0 bridgehead atoms. The SMILES string of the molecule is CCC1CN(C(=O)CCc2cccc(N)c2)CCO1. The molecule has 1 atom stereocenters. The molecule has 0 saturated carbocycles. The topological polar surface area (TPSA) is 55.6 Å². The number of nitrogen functional groups attached to an aromatic ring is 1. The van der Waals surface area contributed by atoms with E-state index in [4.69, 9.17) is 10.5 Å². The standard InChI is InChI=1S/C15H22N2O2/c1-2-14-11-17(8-9-19-14)15(18)7-6-12-4-3-5-13(16)10-12/h3-5,10,14H,2,6-9,11,16H2,1H3. The lowest BCUT2D eigenvalue weighted by Crippen LogP contribution is -2.45. The van der Waals surface area contributed by atoms with Gasteiger partial charge in [-0.2, -0.15) is 0 Å². The van der Waals surface area contributed by atoms with Crippen LogP contribution in [0.5, 0.6) is 0 Å². The number of nitrogens with zero attached hydrogens (tertiary/aromatic N) is 1. The molecular formula is C15H22N2O2. The van der Waals surface area contributed by atoms with Crippen molar-refractivity contribution in [1.82, 2.24) is 4.90 Å². The number of carbonyl (C=O) groups excluding carboxylic acids is 1. The van der Waals surface area contributed by atoms with Gasteiger partial charge in [0.2, 0.25) is 5.91 Å². The second-order valence-corrected chi connectivity index (χ2v) is 4.99. The lowest BCUT2D eigenvalue weighted by atomic mass is 10.1. The highest BCUT2D eigenvalue weighted by Gasteiger charge is 2.22. The number of nitrogens with two attached hydrogens (primary N) is 1. The number of carbonyl (C=O) groups is 1. The summed E-state index contributed by atoms with van der Waals surface area (Å²) in [5.74, 6) is 0.212. The van der Waals surface area contributed by atoms with E-state index >= 15 is 0 Å². The van der Waals surface area contributed by atoms with Gasteiger partial charge in [-0.25, -0.2) is 0 Å². The molecule has 0 aromatic heterocycles. The van der Waals surface area contributed by atoms with E-state index in [9.17, 15) is 4.79 Å². The Bertz CT molecular complexity index is 434. The molecule has 1 aliphatic rings. The van der Waals surface area contributed by atoms with Gasteiger partial charge >= 0.3 is 0 Å². The lowest BCUT2D eigenvalue weighted by molar-refractivity contribution is -0.138. The molecule has 4 nitrogen and oxygen atoms in total. The highest BCUT2D eigenvalue weighted by Crippen LogP contribution is 2.12. The van der Waals surface area contributed by atoms with Gasteiger partial charge in [-0.3, -0.25) is 4.79 Å². The summed E-state index contributed by atoms with van der Waals surface area (Å²) in [6.45, 7) is 4.19. The fourth-order valence-corrected chi connectivity index (χ4v) is 2.35. The zero-order chi connectivity index (χ0) is 13.7. The summed E-state index contributed by atoms with van der Waals surface area (Å²) in [5.41, 5.74) is 7.60. The van der Waals surface area contributed by atoms with Crippen molar-refractivity contribution in [3.8, 4) is 0 Å². The summed E-state index contributed by atoms with van der Waals surface area (Å²) < 4.78 is 5.58. The first-order valence-electron chi connectivity index (χ1n) is 6.93. The summed E-state index contributed by atoms with van der Waals surface area (Å²) >= 11 is 0. The molecular weight excluding hydrogens is 240 g/mol. The summed E-state index contributed by atoms with van der Waals surface area (Å²) in [4.78, 5) is 14.1. The lowest BCUT2D eigenvalue weighted by Gasteiger charge is -2.32. The number of anilines is 1. The van der Waals surface area contributed by atoms with Gasteiger partial charge in [0.25, 0.3) is 0 Å². The van der Waals surface area contributed by atoms with Crippen LogP contribution in [0.4, 0.5) is 5.69 Å². The van der Waals surface area contributed by atoms with Crippen LogP contribution in [0.2, 0.25) is 0 Å². The maximum Gasteiger partial charge on any atom is 0.223 e. The van der Waals surface area contributed by atoms with Crippen molar-refractivity contribution in [2.24, 2.45) is 0 Å². The van der Waals surface area contributed by atoms with Gasteiger partial charge in [0.05, 0.1) is 12.7 Å². The van der Waals surface area contributed by atoms with Crippen molar-refractivity contribution in [2.45, 2.75) is 32.3 Å². The molecule has 0 aliphatic carbocycles. The van der Waals surface area contributed by atoms with Gasteiger partial charge in [0.1, 0.15) is 0 Å². The van der Waals surface area contributed by atoms with Crippen molar-refractivity contribution >= 4 is 11.6 Å². The molecule has 1 saturated heterocycles. The minimum atomic E-state index is 0.199. The third-order valence-corrected chi connectivity index (χ3v) is 3.53. The number of amides is 1. The molecule has 4 heteroatoms. The van der Waals surface area contributed by atoms with E-state index in [2.05, 4.69) is 6.92 Å². The predicted molar refractivity (Wildman–Crippen MR) is 75.8 cm³/mol. The first-order valence-corrected chi connectivity index (χ1v) is 6.93. The second-order valence-electron chi connectivity index (χ2n) is 4.99. The minimum Gasteiger partial charge on any atom is -0.399 e. The van der Waals surface area contributed by atoms with Crippen LogP contribution in [0.25, 0.3) is 0 Å². The summed E-state index contributed by atoms with van der Waals surface area (Å²) in [6.07, 6.45) is 2.45. The zero-order valence-corrected chi connectivity index (χ0v) is 11.5. The Balaban J connectivity index is 1.84. The third-order valence-electron chi connectivity index (χ3n) is 3.53. The Morgan fingerprint density at radius 2 is 2.37 bits per heavy atom. The number of hydrogen-bond acceptors (Lipinski definition) is 3. The number of benzene rings is 1. The predicted octanol–water partition coefficient (Wildman–Crippen LogP) is 1.84. The van der Waals surface area contributed by atoms with E-state index in [0.29, 0.717) is 19.6 Å². The quantitative estimate of drug-likeness (QED) is 0.842. The van der Waals surface area contributed by atoms with Crippen molar-refractivity contribution < 1.29 is 9.53 Å². The fourth-order valence-electron chi connectivity index (χ4n) is 2.35. The second kappa shape index (κ2) is 6.57. The molecule has 1 fully saturated rings. The summed E-state index contributed by atoms with van der Waals surface area (Å²) in [7, 11) is 0. The molecule has 104 valence electrons. The van der Waals surface area contributed by atoms with E-state index in [0.717, 1.165) is 30.6 Å². The third kappa shape index (κ3) is 3.96. The Labute approximate surface area is 114 Å². The molecule has 1 aromatic carbocycles. The molecule has 2 rings (SSSR count). The average Bonchev–Trinajstić information content (AvgIpc) is 2.45. The van der Waals surface area contributed by atoms with Crippen LogP contribution in [0.3, 0.4) is 0 Å². The van der Waals surface area contributed by atoms with Crippen LogP contribution < -0.4 is 5.73 Å². The molecule has 19 heavy (non-hydrogen) atoms. The van der Waals surface area contributed by atoms with Crippen LogP contribution in [0.1, 0.15) is 25.3 Å². The van der Waals surface area contributed by atoms with Crippen LogP contribution >= 0.6 is 0 Å². The number of ether oxygens (including phenoxy) is 1. The Kier molecular flexibility index (Phi) is 4.80. The van der Waals surface area contributed by atoms with Crippen molar-refractivity contribution in [3.63, 3.8) is 0 Å². The molecule has 2 N–H and O–H groups in total. The molecule has 1 aliphatic heterocycles. The van der Waals surface area contributed by atoms with Crippen molar-refractivity contribution in [3.05, 3.63) is 29.8 Å². The molecule has 1 heterocycles. The molecule has 0 radical (unpaired) electrons. The van der Waals surface area contributed by atoms with Crippen LogP contribution in [0, 0.1) is 0 Å². The largest absolute Gasteiger partial charge is 0.399 e. The Morgan fingerprint density at radius 3 is 3.11 bits per heavy atom. The van der Waals surface area contributed by atoms with E-state index in [-0.39, 0.29) is 12.0 Å². The summed E-state index contributed by atoms with van der Waals surface area (Å²) in [5, 5.41) is 0. The highest BCUT2D eigenvalue weighted by atomic mass is 16.5. The average molecular weight is 262 g/mol. The van der Waals surface area contributed by atoms with Crippen molar-refractivity contribution in [2.75, 3.05) is 25.4 Å². The van der Waals surface area contributed by atoms with E-state index in [1.165, 1.54) is 0 Å². The maximum absolute atomic E-state index is 12.2. The van der Waals surface area contributed by atoms with E-state index in [1.807, 2.05) is 29.2 Å². The number of hydrogen-bond donors (Lipinski definition) is 1. The maximum atomic E-state index is 12.2. The first kappa shape index (κ1) is 13.9. The van der Waals surface area contributed by atoms with Gasteiger partial charge in [-0.15, -0.1) is 0 Å². The highest BCUT2D eigenvalue weighted by molar-refractivity contribution is 5.76. The Morgan fingerprint density at radius 1 is 1.53 bits per heavy atom. The van der Waals surface area contributed by atoms with Crippen LogP contribution in [-0.2, 0) is 16.0 Å². The number of aryl methyl sites for hydroxylation is 1. The molecule has 0 spiro atoms. The minimum absolute atomic E-state index is 0.199. The van der Waals surface area contributed by atoms with Gasteiger partial charge in [0.15, 0.2) is 0 Å². The van der Waals surface area contributed by atoms with Gasteiger partial charge in [-0.1, -0.05) is 19.1 Å². The van der Waals surface area contributed by atoms with E-state index < -0.39 is 0 Å². The molecule has 1 amide bonds. The summed E-state index contributed by atoms with van der Waals surface area (Å²) in [6, 6.07) is 7.73. The first-order chi connectivity index (χ1) is 9.19. The number of morpholine rings is 1. The van der Waals surface area contributed by atoms with Crippen molar-refractivity contribution in [1.29, 1.82) is 0 Å². The molecule has 1 aromatic rings. The van der Waals surface area contributed by atoms with Crippen LogP contribution in [-0.4, -0.2) is 36.6 Å². The van der Waals surface area contributed by atoms with E-state index in [1.54, 1.807) is 0 Å². The zero-order valence-electron chi connectivity index (χ0n) is 11.5. The fraction of sp³-hybridized carbons (Fsp3) is 0.533. The van der Waals surface area contributed by atoms with Gasteiger partial charge in [-0.05, 0) is 30.5 Å². The Hall–Kier alpha value is -1.55. The molecule has 1 unspecified atom stereocenters. The monoisotopic (exact) mass is 262 g/mol. The van der Waals surface area contributed by atoms with Crippen LogP contribution in [0.15, 0.2) is 24.3 Å².